The number of urea groups is 2. The summed E-state index contributed by atoms with van der Waals surface area (Å²) in [6.07, 6.45) is 0.919. The molecule has 1 fully saturated rings. The number of amides is 4. The van der Waals surface area contributed by atoms with Gasteiger partial charge in [0.1, 0.15) is 0 Å². The molecule has 0 saturated carbocycles. The molecule has 1 heterocycles. The lowest BCUT2D eigenvalue weighted by Crippen LogP contribution is -2.41. The topological polar surface area (TPSA) is 73.5 Å². The fraction of sp³-hybridized carbons (Fsp3) is 0.778. The van der Waals surface area contributed by atoms with Crippen LogP contribution in [-0.4, -0.2) is 49.7 Å². The summed E-state index contributed by atoms with van der Waals surface area (Å²) in [4.78, 5) is 23.9. The Bertz CT molecular complexity index is 232. The Morgan fingerprint density at radius 2 is 2.20 bits per heavy atom. The number of nitrogens with one attached hydrogen (secondary N) is 3. The van der Waals surface area contributed by atoms with Gasteiger partial charge in [-0.05, 0) is 6.42 Å². The van der Waals surface area contributed by atoms with Gasteiger partial charge in [0.2, 0.25) is 0 Å². The first-order chi connectivity index (χ1) is 7.24. The average Bonchev–Trinajstić information content (AvgIpc) is 2.61. The maximum Gasteiger partial charge on any atom is 0.317 e. The number of carbonyl (C=O) groups is 2. The molecule has 1 aliphatic rings. The van der Waals surface area contributed by atoms with Crippen molar-refractivity contribution in [1.82, 2.24) is 20.9 Å². The van der Waals surface area contributed by atoms with Gasteiger partial charge in [-0.1, -0.05) is 6.92 Å². The van der Waals surface area contributed by atoms with Crippen LogP contribution in [0.3, 0.4) is 0 Å². The van der Waals surface area contributed by atoms with E-state index in [4.69, 9.17) is 0 Å². The number of nitrogens with zero attached hydrogens (tertiary/aromatic N) is 1. The minimum absolute atomic E-state index is 0.0502. The van der Waals surface area contributed by atoms with Crippen LogP contribution in [0.4, 0.5) is 9.59 Å². The van der Waals surface area contributed by atoms with Crippen LogP contribution in [0.15, 0.2) is 0 Å². The van der Waals surface area contributed by atoms with E-state index >= 15 is 0 Å². The highest BCUT2D eigenvalue weighted by Crippen LogP contribution is 1.94. The highest BCUT2D eigenvalue weighted by Gasteiger charge is 2.18. The lowest BCUT2D eigenvalue weighted by Gasteiger charge is -2.14. The molecule has 0 aromatic heterocycles. The zero-order valence-electron chi connectivity index (χ0n) is 9.01. The van der Waals surface area contributed by atoms with Crippen molar-refractivity contribution in [2.24, 2.45) is 0 Å². The Morgan fingerprint density at radius 1 is 1.47 bits per heavy atom. The highest BCUT2D eigenvalue weighted by molar-refractivity contribution is 5.76. The smallest absolute Gasteiger partial charge is 0.317 e. The third kappa shape index (κ3) is 4.05. The first-order valence-corrected chi connectivity index (χ1v) is 5.28. The van der Waals surface area contributed by atoms with Crippen molar-refractivity contribution < 1.29 is 9.59 Å². The van der Waals surface area contributed by atoms with Crippen LogP contribution in [0.5, 0.6) is 0 Å². The molecule has 1 saturated heterocycles. The molecule has 1 rings (SSSR count). The van der Waals surface area contributed by atoms with Gasteiger partial charge >= 0.3 is 12.1 Å². The number of rotatable bonds is 5. The van der Waals surface area contributed by atoms with Crippen molar-refractivity contribution in [2.45, 2.75) is 13.3 Å². The summed E-state index contributed by atoms with van der Waals surface area (Å²) < 4.78 is 0. The van der Waals surface area contributed by atoms with Gasteiger partial charge < -0.3 is 20.9 Å². The summed E-state index contributed by atoms with van der Waals surface area (Å²) in [5.41, 5.74) is 0. The van der Waals surface area contributed by atoms with Crippen molar-refractivity contribution in [3.8, 4) is 0 Å². The summed E-state index contributed by atoms with van der Waals surface area (Å²) in [6, 6.07) is -0.220. The van der Waals surface area contributed by atoms with Crippen LogP contribution in [0.1, 0.15) is 13.3 Å². The van der Waals surface area contributed by atoms with Crippen LogP contribution in [0.25, 0.3) is 0 Å². The fourth-order valence-electron chi connectivity index (χ4n) is 1.33. The van der Waals surface area contributed by atoms with Crippen molar-refractivity contribution in [2.75, 3.05) is 32.7 Å². The molecular formula is C9H18N4O2. The van der Waals surface area contributed by atoms with Gasteiger partial charge in [0.25, 0.3) is 0 Å². The van der Waals surface area contributed by atoms with Crippen LogP contribution in [0, 0.1) is 0 Å². The molecule has 3 N–H and O–H groups in total. The standard InChI is InChI=1S/C9H18N4O2/c1-2-3-10-8(14)11-4-6-13-7-5-12-9(13)15/h2-7H2,1H3,(H,12,15)(H2,10,11,14). The number of hydrogen-bond donors (Lipinski definition) is 3. The van der Waals surface area contributed by atoms with Gasteiger partial charge in [0, 0.05) is 32.7 Å². The SMILES string of the molecule is CCCNC(=O)NCCN1CCNC1=O. The van der Waals surface area contributed by atoms with Gasteiger partial charge in [-0.15, -0.1) is 0 Å². The van der Waals surface area contributed by atoms with E-state index < -0.39 is 0 Å². The van der Waals surface area contributed by atoms with Gasteiger partial charge in [0.15, 0.2) is 0 Å². The van der Waals surface area contributed by atoms with Crippen molar-refractivity contribution in [3.63, 3.8) is 0 Å². The molecule has 0 unspecified atom stereocenters. The molecule has 0 aromatic rings. The molecule has 6 heteroatoms. The Labute approximate surface area is 89.4 Å². The van der Waals surface area contributed by atoms with E-state index in [0.29, 0.717) is 26.2 Å². The zero-order valence-corrected chi connectivity index (χ0v) is 9.01. The lowest BCUT2D eigenvalue weighted by molar-refractivity contribution is 0.215. The van der Waals surface area contributed by atoms with E-state index in [1.165, 1.54) is 0 Å². The molecule has 0 spiro atoms. The molecule has 15 heavy (non-hydrogen) atoms. The quantitative estimate of drug-likeness (QED) is 0.589. The largest absolute Gasteiger partial charge is 0.338 e. The molecule has 1 aliphatic heterocycles. The summed E-state index contributed by atoms with van der Waals surface area (Å²) in [5, 5.41) is 8.09. The van der Waals surface area contributed by atoms with Gasteiger partial charge in [-0.2, -0.15) is 0 Å². The highest BCUT2D eigenvalue weighted by atomic mass is 16.2. The Balaban J connectivity index is 2.05. The van der Waals surface area contributed by atoms with Gasteiger partial charge in [-0.25, -0.2) is 9.59 Å². The molecular weight excluding hydrogens is 196 g/mol. The van der Waals surface area contributed by atoms with E-state index in [1.807, 2.05) is 6.92 Å². The van der Waals surface area contributed by atoms with Crippen LogP contribution in [-0.2, 0) is 0 Å². The first kappa shape index (κ1) is 11.6. The van der Waals surface area contributed by atoms with Crippen molar-refractivity contribution >= 4 is 12.1 Å². The third-order valence-corrected chi connectivity index (χ3v) is 2.15. The molecule has 86 valence electrons. The number of hydrogen-bond acceptors (Lipinski definition) is 2. The van der Waals surface area contributed by atoms with Gasteiger partial charge in [-0.3, -0.25) is 0 Å². The van der Waals surface area contributed by atoms with Crippen LogP contribution >= 0.6 is 0 Å². The molecule has 6 nitrogen and oxygen atoms in total. The second kappa shape index (κ2) is 6.10. The Kier molecular flexibility index (Phi) is 4.73. The molecule has 0 radical (unpaired) electrons. The molecule has 0 aliphatic carbocycles. The summed E-state index contributed by atoms with van der Waals surface area (Å²) in [6.45, 7) is 5.14. The predicted molar refractivity (Wildman–Crippen MR) is 56.7 cm³/mol. The second-order valence-electron chi connectivity index (χ2n) is 3.40. The average molecular weight is 214 g/mol. The van der Waals surface area contributed by atoms with E-state index in [1.54, 1.807) is 4.90 Å². The second-order valence-corrected chi connectivity index (χ2v) is 3.40. The Morgan fingerprint density at radius 3 is 2.80 bits per heavy atom. The molecule has 4 amide bonds. The summed E-state index contributed by atoms with van der Waals surface area (Å²) >= 11 is 0. The van der Waals surface area contributed by atoms with Crippen LogP contribution < -0.4 is 16.0 Å². The lowest BCUT2D eigenvalue weighted by atomic mass is 10.5. The minimum Gasteiger partial charge on any atom is -0.338 e. The normalized spacial score (nSPS) is 15.0. The minimum atomic E-state index is -0.170. The van der Waals surface area contributed by atoms with E-state index in [-0.39, 0.29) is 12.1 Å². The summed E-state index contributed by atoms with van der Waals surface area (Å²) in [5.74, 6) is 0. The van der Waals surface area contributed by atoms with Gasteiger partial charge in [0.05, 0.1) is 0 Å². The first-order valence-electron chi connectivity index (χ1n) is 5.28. The van der Waals surface area contributed by atoms with Crippen LogP contribution in [0.2, 0.25) is 0 Å². The predicted octanol–water partition coefficient (Wildman–Crippen LogP) is -0.279. The third-order valence-electron chi connectivity index (χ3n) is 2.15. The molecule has 0 bridgehead atoms. The Hall–Kier alpha value is -1.46. The fourth-order valence-corrected chi connectivity index (χ4v) is 1.33. The van der Waals surface area contributed by atoms with Crippen molar-refractivity contribution in [3.05, 3.63) is 0 Å². The molecule has 0 aromatic carbocycles. The number of carbonyl (C=O) groups excluding carboxylic acids is 2. The maximum atomic E-state index is 11.1. The summed E-state index contributed by atoms with van der Waals surface area (Å²) in [7, 11) is 0. The maximum absolute atomic E-state index is 11.1. The zero-order chi connectivity index (χ0) is 11.1. The monoisotopic (exact) mass is 214 g/mol. The van der Waals surface area contributed by atoms with E-state index in [9.17, 15) is 9.59 Å². The molecule has 0 atom stereocenters. The van der Waals surface area contributed by atoms with E-state index in [0.717, 1.165) is 13.0 Å². The van der Waals surface area contributed by atoms with Crippen molar-refractivity contribution in [1.29, 1.82) is 0 Å². The van der Waals surface area contributed by atoms with E-state index in [2.05, 4.69) is 16.0 Å².